The Bertz CT molecular complexity index is 1240. The van der Waals surface area contributed by atoms with E-state index in [4.69, 9.17) is 19.9 Å². The zero-order chi connectivity index (χ0) is 24.5. The van der Waals surface area contributed by atoms with Crippen molar-refractivity contribution in [3.8, 4) is 23.3 Å². The molecule has 0 atom stereocenters. The summed E-state index contributed by atoms with van der Waals surface area (Å²) in [5.74, 6) is 7.70. The Morgan fingerprint density at radius 3 is 1.71 bits per heavy atom. The van der Waals surface area contributed by atoms with Crippen molar-refractivity contribution < 1.29 is 14.2 Å². The van der Waals surface area contributed by atoms with Gasteiger partial charge in [-0.2, -0.15) is 0 Å². The van der Waals surface area contributed by atoms with Crippen molar-refractivity contribution in [2.24, 2.45) is 5.73 Å². The van der Waals surface area contributed by atoms with Crippen molar-refractivity contribution in [2.75, 3.05) is 20.8 Å². The van der Waals surface area contributed by atoms with Gasteiger partial charge in [0.05, 0.1) is 27.4 Å². The minimum Gasteiger partial charge on any atom is -0.497 e. The van der Waals surface area contributed by atoms with Crippen molar-refractivity contribution in [2.45, 2.75) is 12.2 Å². The predicted octanol–water partition coefficient (Wildman–Crippen LogP) is 5.52. The van der Waals surface area contributed by atoms with Crippen molar-refractivity contribution in [3.05, 3.63) is 131 Å². The normalized spacial score (nSPS) is 10.8. The van der Waals surface area contributed by atoms with Crippen molar-refractivity contribution >= 4 is 0 Å². The number of hydrogen-bond acceptors (Lipinski definition) is 4. The molecule has 2 N–H and O–H groups in total. The first-order valence-electron chi connectivity index (χ1n) is 11.5. The molecule has 176 valence electrons. The first kappa shape index (κ1) is 24.1. The van der Waals surface area contributed by atoms with Crippen molar-refractivity contribution in [3.63, 3.8) is 0 Å². The van der Waals surface area contributed by atoms with Crippen LogP contribution in [-0.2, 0) is 16.9 Å². The fraction of sp³-hybridized carbons (Fsp3) is 0.161. The number of methoxy groups -OCH3 is 2. The Morgan fingerprint density at radius 2 is 1.17 bits per heavy atom. The summed E-state index contributed by atoms with van der Waals surface area (Å²) in [5.41, 5.74) is 9.63. The quantitative estimate of drug-likeness (QED) is 0.276. The minimum absolute atomic E-state index is 0.306. The molecule has 0 saturated heterocycles. The van der Waals surface area contributed by atoms with Crippen LogP contribution in [0.1, 0.15) is 27.8 Å². The molecule has 0 unspecified atom stereocenters. The molecule has 0 bridgehead atoms. The standard InChI is InChI=1S/C31H29NO3/c1-33-29-18-14-27(15-19-29)31(26-12-4-3-5-13-26,28-16-20-30(34-2)21-17-28)35-23-25-10-7-6-9-24(25)11-8-22-32/h3-7,9-10,12-21H,22-23,32H2,1-2H3. The van der Waals surface area contributed by atoms with E-state index in [9.17, 15) is 0 Å². The van der Waals surface area contributed by atoms with Gasteiger partial charge < -0.3 is 19.9 Å². The third-order valence-corrected chi connectivity index (χ3v) is 5.96. The van der Waals surface area contributed by atoms with E-state index >= 15 is 0 Å². The van der Waals surface area contributed by atoms with Crippen LogP contribution in [0, 0.1) is 11.8 Å². The van der Waals surface area contributed by atoms with Crippen LogP contribution in [0.3, 0.4) is 0 Å². The van der Waals surface area contributed by atoms with Gasteiger partial charge in [-0.1, -0.05) is 84.6 Å². The van der Waals surface area contributed by atoms with E-state index in [0.717, 1.165) is 39.3 Å². The Hall–Kier alpha value is -4.04. The maximum absolute atomic E-state index is 6.96. The zero-order valence-corrected chi connectivity index (χ0v) is 20.0. The van der Waals surface area contributed by atoms with Crippen LogP contribution >= 0.6 is 0 Å². The molecule has 0 aliphatic heterocycles. The number of benzene rings is 4. The summed E-state index contributed by atoms with van der Waals surface area (Å²) in [4.78, 5) is 0. The monoisotopic (exact) mass is 463 g/mol. The van der Waals surface area contributed by atoms with E-state index in [0.29, 0.717) is 13.2 Å². The molecule has 0 aliphatic rings. The molecule has 4 aromatic carbocycles. The highest BCUT2D eigenvalue weighted by Crippen LogP contribution is 2.42. The van der Waals surface area contributed by atoms with Crippen LogP contribution in [0.15, 0.2) is 103 Å². The molecule has 0 saturated carbocycles. The summed E-state index contributed by atoms with van der Waals surface area (Å²) in [7, 11) is 3.33. The second kappa shape index (κ2) is 11.4. The molecular weight excluding hydrogens is 434 g/mol. The second-order valence-corrected chi connectivity index (χ2v) is 7.96. The van der Waals surface area contributed by atoms with E-state index in [1.807, 2.05) is 66.7 Å². The third kappa shape index (κ3) is 5.22. The van der Waals surface area contributed by atoms with E-state index in [2.05, 4.69) is 48.2 Å². The van der Waals surface area contributed by atoms with Gasteiger partial charge in [0.1, 0.15) is 17.1 Å². The second-order valence-electron chi connectivity index (χ2n) is 7.96. The molecular formula is C31H29NO3. The maximum Gasteiger partial charge on any atom is 0.144 e. The van der Waals surface area contributed by atoms with Crippen LogP contribution in [-0.4, -0.2) is 20.8 Å². The van der Waals surface area contributed by atoms with Crippen LogP contribution in [0.25, 0.3) is 0 Å². The van der Waals surface area contributed by atoms with Crippen LogP contribution < -0.4 is 15.2 Å². The van der Waals surface area contributed by atoms with Gasteiger partial charge in [-0.3, -0.25) is 0 Å². The lowest BCUT2D eigenvalue weighted by molar-refractivity contribution is 0.000104. The van der Waals surface area contributed by atoms with Gasteiger partial charge in [-0.15, -0.1) is 0 Å². The number of hydrogen-bond donors (Lipinski definition) is 1. The molecule has 0 heterocycles. The van der Waals surface area contributed by atoms with E-state index in [1.165, 1.54) is 0 Å². The van der Waals surface area contributed by atoms with Gasteiger partial charge in [-0.05, 0) is 52.6 Å². The highest BCUT2D eigenvalue weighted by atomic mass is 16.5. The zero-order valence-electron chi connectivity index (χ0n) is 20.0. The van der Waals surface area contributed by atoms with E-state index < -0.39 is 5.60 Å². The average Bonchev–Trinajstić information content (AvgIpc) is 2.94. The number of ether oxygens (including phenoxy) is 3. The molecule has 0 fully saturated rings. The summed E-state index contributed by atoms with van der Waals surface area (Å²) in [6.45, 7) is 0.656. The molecule has 0 spiro atoms. The van der Waals surface area contributed by atoms with Gasteiger partial charge in [0.2, 0.25) is 0 Å². The molecule has 4 nitrogen and oxygen atoms in total. The number of nitrogens with two attached hydrogens (primary N) is 1. The van der Waals surface area contributed by atoms with Crippen molar-refractivity contribution in [1.82, 2.24) is 0 Å². The predicted molar refractivity (Wildman–Crippen MR) is 139 cm³/mol. The largest absolute Gasteiger partial charge is 0.497 e. The Morgan fingerprint density at radius 1 is 0.657 bits per heavy atom. The fourth-order valence-electron chi connectivity index (χ4n) is 4.17. The smallest absolute Gasteiger partial charge is 0.144 e. The van der Waals surface area contributed by atoms with Gasteiger partial charge in [0, 0.05) is 5.56 Å². The molecule has 0 aliphatic carbocycles. The highest BCUT2D eigenvalue weighted by molar-refractivity contribution is 5.50. The van der Waals surface area contributed by atoms with Crippen LogP contribution in [0.4, 0.5) is 0 Å². The summed E-state index contributed by atoms with van der Waals surface area (Å²) in [5, 5.41) is 0. The van der Waals surface area contributed by atoms with E-state index in [1.54, 1.807) is 14.2 Å². The summed E-state index contributed by atoms with van der Waals surface area (Å²) >= 11 is 0. The highest BCUT2D eigenvalue weighted by Gasteiger charge is 2.38. The van der Waals surface area contributed by atoms with E-state index in [-0.39, 0.29) is 0 Å². The van der Waals surface area contributed by atoms with Crippen LogP contribution in [0.2, 0.25) is 0 Å². The maximum atomic E-state index is 6.96. The Kier molecular flexibility index (Phi) is 7.84. The van der Waals surface area contributed by atoms with Gasteiger partial charge >= 0.3 is 0 Å². The lowest BCUT2D eigenvalue weighted by Crippen LogP contribution is -2.33. The first-order chi connectivity index (χ1) is 17.2. The van der Waals surface area contributed by atoms with Gasteiger partial charge in [0.15, 0.2) is 0 Å². The molecule has 4 heteroatoms. The number of rotatable bonds is 8. The molecule has 0 aromatic heterocycles. The molecule has 4 rings (SSSR count). The molecule has 35 heavy (non-hydrogen) atoms. The van der Waals surface area contributed by atoms with Gasteiger partial charge in [0.25, 0.3) is 0 Å². The molecule has 4 aromatic rings. The fourth-order valence-corrected chi connectivity index (χ4v) is 4.17. The summed E-state index contributed by atoms with van der Waals surface area (Å²) in [6, 6.07) is 34.3. The Labute approximate surface area is 207 Å². The van der Waals surface area contributed by atoms with Crippen molar-refractivity contribution in [1.29, 1.82) is 0 Å². The summed E-state index contributed by atoms with van der Waals surface area (Å²) < 4.78 is 17.8. The average molecular weight is 464 g/mol. The summed E-state index contributed by atoms with van der Waals surface area (Å²) in [6.07, 6.45) is 0. The third-order valence-electron chi connectivity index (χ3n) is 5.96. The molecule has 0 amide bonds. The van der Waals surface area contributed by atoms with Crippen LogP contribution in [0.5, 0.6) is 11.5 Å². The minimum atomic E-state index is -0.881. The lowest BCUT2D eigenvalue weighted by atomic mass is 9.80. The topological polar surface area (TPSA) is 53.7 Å². The SMILES string of the molecule is COc1ccc(C(OCc2ccccc2C#CCN)(c2ccccc2)c2ccc(OC)cc2)cc1. The lowest BCUT2D eigenvalue weighted by Gasteiger charge is -2.36. The van der Waals surface area contributed by atoms with Gasteiger partial charge in [-0.25, -0.2) is 0 Å². The Balaban J connectivity index is 1.89. The molecule has 0 radical (unpaired) electrons. The first-order valence-corrected chi connectivity index (χ1v) is 11.5.